The van der Waals surface area contributed by atoms with E-state index in [-0.39, 0.29) is 29.7 Å². The van der Waals surface area contributed by atoms with Crippen LogP contribution in [0.4, 0.5) is 11.4 Å². The number of nitrogens with one attached hydrogen (secondary N) is 1. The molecule has 0 aliphatic carbocycles. The first-order valence-electron chi connectivity index (χ1n) is 9.93. The smallest absolute Gasteiger partial charge is 0.262 e. The normalized spacial score (nSPS) is 14.1. The molecule has 0 radical (unpaired) electrons. The van der Waals surface area contributed by atoms with E-state index in [0.29, 0.717) is 35.0 Å². The Kier molecular flexibility index (Phi) is 6.54. The van der Waals surface area contributed by atoms with Crippen molar-refractivity contribution in [3.63, 3.8) is 0 Å². The van der Waals surface area contributed by atoms with Crippen molar-refractivity contribution in [3.05, 3.63) is 42.0 Å². The Balaban J connectivity index is 1.82. The van der Waals surface area contributed by atoms with Crippen LogP contribution in [-0.2, 0) is 19.4 Å². The Morgan fingerprint density at radius 1 is 1.26 bits per heavy atom. The molecular weight excluding hydrogens is 420 g/mol. The first-order chi connectivity index (χ1) is 14.7. The van der Waals surface area contributed by atoms with E-state index in [9.17, 15) is 18.0 Å². The van der Waals surface area contributed by atoms with Crippen LogP contribution >= 0.6 is 0 Å². The lowest BCUT2D eigenvalue weighted by molar-refractivity contribution is -0.119. The van der Waals surface area contributed by atoms with Crippen molar-refractivity contribution in [2.75, 3.05) is 30.5 Å². The number of sulfone groups is 1. The molecule has 9 heteroatoms. The van der Waals surface area contributed by atoms with Gasteiger partial charge in [-0.05, 0) is 56.7 Å². The number of hydrogen-bond donors (Lipinski definition) is 1. The Labute approximate surface area is 182 Å². The predicted octanol–water partition coefficient (Wildman–Crippen LogP) is 2.94. The summed E-state index contributed by atoms with van der Waals surface area (Å²) in [6.45, 7) is 5.25. The third-order valence-electron chi connectivity index (χ3n) is 5.21. The van der Waals surface area contributed by atoms with Gasteiger partial charge in [0.1, 0.15) is 11.5 Å². The summed E-state index contributed by atoms with van der Waals surface area (Å²) in [4.78, 5) is 26.1. The lowest BCUT2D eigenvalue weighted by Gasteiger charge is -2.24. The molecule has 0 fully saturated rings. The van der Waals surface area contributed by atoms with Crippen molar-refractivity contribution in [1.82, 2.24) is 0 Å². The van der Waals surface area contributed by atoms with Gasteiger partial charge in [0.15, 0.2) is 16.4 Å². The largest absolute Gasteiger partial charge is 0.497 e. The molecule has 0 saturated heterocycles. The summed E-state index contributed by atoms with van der Waals surface area (Å²) in [7, 11) is -2.25. The zero-order chi connectivity index (χ0) is 22.8. The number of ether oxygens (including phenoxy) is 2. The number of benzene rings is 2. The molecule has 2 aromatic carbocycles. The van der Waals surface area contributed by atoms with E-state index in [2.05, 4.69) is 5.32 Å². The van der Waals surface area contributed by atoms with Crippen LogP contribution in [0, 0.1) is 6.92 Å². The van der Waals surface area contributed by atoms with Gasteiger partial charge in [0.05, 0.1) is 22.9 Å². The Hall–Kier alpha value is -3.07. The minimum Gasteiger partial charge on any atom is -0.497 e. The van der Waals surface area contributed by atoms with E-state index in [1.807, 2.05) is 6.92 Å². The van der Waals surface area contributed by atoms with E-state index in [1.54, 1.807) is 49.3 Å². The Morgan fingerprint density at radius 3 is 2.55 bits per heavy atom. The second-order valence-electron chi connectivity index (χ2n) is 7.35. The lowest BCUT2D eigenvalue weighted by Crippen LogP contribution is -2.35. The summed E-state index contributed by atoms with van der Waals surface area (Å²) in [6, 6.07) is 10.0. The zero-order valence-corrected chi connectivity index (χ0v) is 18.8. The molecule has 2 aromatic rings. The highest BCUT2D eigenvalue weighted by Crippen LogP contribution is 2.34. The molecule has 0 bridgehead atoms. The number of aryl methyl sites for hydroxylation is 1. The van der Waals surface area contributed by atoms with Crippen LogP contribution in [0.2, 0.25) is 0 Å². The molecule has 8 nitrogen and oxygen atoms in total. The fourth-order valence-electron chi connectivity index (χ4n) is 3.47. The van der Waals surface area contributed by atoms with Crippen molar-refractivity contribution in [2.24, 2.45) is 0 Å². The third kappa shape index (κ3) is 4.66. The minimum absolute atomic E-state index is 0.0928. The van der Waals surface area contributed by atoms with Gasteiger partial charge in [-0.2, -0.15) is 0 Å². The van der Waals surface area contributed by atoms with E-state index < -0.39 is 15.1 Å². The van der Waals surface area contributed by atoms with Crippen molar-refractivity contribution >= 4 is 33.0 Å². The molecular formula is C22H26N2O6S. The first kappa shape index (κ1) is 22.6. The number of methoxy groups -OCH3 is 1. The molecule has 1 aliphatic rings. The number of nitrogens with zero attached hydrogens (tertiary/aromatic N) is 1. The maximum absolute atomic E-state index is 13.2. The van der Waals surface area contributed by atoms with E-state index >= 15 is 0 Å². The molecule has 1 aliphatic heterocycles. The number of hydrogen-bond acceptors (Lipinski definition) is 6. The number of carbonyl (C=O) groups is 2. The average Bonchev–Trinajstić information content (AvgIpc) is 2.74. The van der Waals surface area contributed by atoms with Gasteiger partial charge in [-0.3, -0.25) is 9.59 Å². The first-order valence-corrected chi connectivity index (χ1v) is 11.5. The molecule has 0 aromatic heterocycles. The van der Waals surface area contributed by atoms with Crippen LogP contribution in [0.15, 0.2) is 41.3 Å². The van der Waals surface area contributed by atoms with E-state index in [0.717, 1.165) is 0 Å². The van der Waals surface area contributed by atoms with Gasteiger partial charge in [-0.15, -0.1) is 0 Å². The molecule has 1 N–H and O–H groups in total. The third-order valence-corrected chi connectivity index (χ3v) is 7.49. The van der Waals surface area contributed by atoms with Crippen LogP contribution in [0.25, 0.3) is 0 Å². The summed E-state index contributed by atoms with van der Waals surface area (Å²) < 4.78 is 37.0. The Bertz CT molecular complexity index is 1100. The van der Waals surface area contributed by atoms with Gasteiger partial charge < -0.3 is 19.7 Å². The van der Waals surface area contributed by atoms with Crippen molar-refractivity contribution in [3.8, 4) is 11.5 Å². The monoisotopic (exact) mass is 446 g/mol. The van der Waals surface area contributed by atoms with E-state index in [1.165, 1.54) is 13.0 Å². The molecule has 0 spiro atoms. The average molecular weight is 447 g/mol. The molecule has 166 valence electrons. The number of fused-ring (bicyclic) bond motifs is 1. The van der Waals surface area contributed by atoms with Crippen LogP contribution in [0.1, 0.15) is 25.8 Å². The van der Waals surface area contributed by atoms with Crippen LogP contribution in [-0.4, -0.2) is 45.7 Å². The Morgan fingerprint density at radius 2 is 1.94 bits per heavy atom. The quantitative estimate of drug-likeness (QED) is 0.702. The van der Waals surface area contributed by atoms with Gasteiger partial charge in [0.2, 0.25) is 5.91 Å². The standard InChI is InChI=1S/C22H26N2O6S/c1-5-24(16-6-8-17(29-4)9-7-16)22(26)11-15(3)31(27,28)20-12-19-18(10-14(20)2)23-21(25)13-30-19/h6-10,12,15H,5,11,13H2,1-4H3,(H,23,25)/t15-/m1/s1. The van der Waals surface area contributed by atoms with Crippen molar-refractivity contribution < 1.29 is 27.5 Å². The second kappa shape index (κ2) is 8.97. The highest BCUT2D eigenvalue weighted by Gasteiger charge is 2.31. The van der Waals surface area contributed by atoms with Gasteiger partial charge in [-0.25, -0.2) is 8.42 Å². The predicted molar refractivity (Wildman–Crippen MR) is 118 cm³/mol. The summed E-state index contributed by atoms with van der Waals surface area (Å²) in [5, 5.41) is 1.72. The molecule has 3 rings (SSSR count). The highest BCUT2D eigenvalue weighted by atomic mass is 32.2. The zero-order valence-electron chi connectivity index (χ0n) is 18.0. The highest BCUT2D eigenvalue weighted by molar-refractivity contribution is 7.92. The molecule has 1 heterocycles. The summed E-state index contributed by atoms with van der Waals surface area (Å²) in [5.74, 6) is 0.391. The molecule has 0 saturated carbocycles. The van der Waals surface area contributed by atoms with Crippen LogP contribution in [0.3, 0.4) is 0 Å². The minimum atomic E-state index is -3.81. The number of carbonyl (C=O) groups excluding carboxylic acids is 2. The fraction of sp³-hybridized carbons (Fsp3) is 0.364. The van der Waals surface area contributed by atoms with Gasteiger partial charge in [-0.1, -0.05) is 0 Å². The number of amides is 2. The second-order valence-corrected chi connectivity index (χ2v) is 9.68. The molecule has 2 amide bonds. The molecule has 0 unspecified atom stereocenters. The van der Waals surface area contributed by atoms with Crippen LogP contribution < -0.4 is 19.7 Å². The number of rotatable bonds is 7. The van der Waals surface area contributed by atoms with Gasteiger partial charge >= 0.3 is 0 Å². The van der Waals surface area contributed by atoms with Crippen molar-refractivity contribution in [2.45, 2.75) is 37.3 Å². The molecule has 1 atom stereocenters. The maximum Gasteiger partial charge on any atom is 0.262 e. The SMILES string of the molecule is CCN(C(=O)C[C@@H](C)S(=O)(=O)c1cc2c(cc1C)NC(=O)CO2)c1ccc(OC)cc1. The topological polar surface area (TPSA) is 102 Å². The van der Waals surface area contributed by atoms with Crippen LogP contribution in [0.5, 0.6) is 11.5 Å². The summed E-state index contributed by atoms with van der Waals surface area (Å²) in [5.41, 5.74) is 1.59. The van der Waals surface area contributed by atoms with Crippen molar-refractivity contribution in [1.29, 1.82) is 0 Å². The summed E-state index contributed by atoms with van der Waals surface area (Å²) in [6.07, 6.45) is -0.170. The summed E-state index contributed by atoms with van der Waals surface area (Å²) >= 11 is 0. The molecule has 31 heavy (non-hydrogen) atoms. The number of anilines is 2. The maximum atomic E-state index is 13.2. The lowest BCUT2D eigenvalue weighted by atomic mass is 10.2. The van der Waals surface area contributed by atoms with Gasteiger partial charge in [0, 0.05) is 24.7 Å². The van der Waals surface area contributed by atoms with E-state index in [4.69, 9.17) is 9.47 Å². The van der Waals surface area contributed by atoms with Gasteiger partial charge in [0.25, 0.3) is 5.91 Å². The fourth-order valence-corrected chi connectivity index (χ4v) is 5.04.